The van der Waals surface area contributed by atoms with Gasteiger partial charge in [0.2, 0.25) is 0 Å². The van der Waals surface area contributed by atoms with Crippen LogP contribution in [-0.2, 0) is 6.42 Å². The van der Waals surface area contributed by atoms with E-state index in [-0.39, 0.29) is 0 Å². The maximum atomic E-state index is 6.36. The van der Waals surface area contributed by atoms with Crippen LogP contribution in [0.25, 0.3) is 0 Å². The average Bonchev–Trinajstić information content (AvgIpc) is 2.42. The Bertz CT molecular complexity index is 470. The van der Waals surface area contributed by atoms with Gasteiger partial charge in [0.05, 0.1) is 0 Å². The van der Waals surface area contributed by atoms with E-state index in [0.29, 0.717) is 17.4 Å². The van der Waals surface area contributed by atoms with Gasteiger partial charge in [0, 0.05) is 16.1 Å². The zero-order valence-electron chi connectivity index (χ0n) is 13.4. The summed E-state index contributed by atoms with van der Waals surface area (Å²) in [5.74, 6) is 0.696. The molecule has 0 bridgehead atoms. The summed E-state index contributed by atoms with van der Waals surface area (Å²) >= 11 is 12.5. The second-order valence-electron chi connectivity index (χ2n) is 6.94. The average molecular weight is 328 g/mol. The molecule has 1 aliphatic rings. The Kier molecular flexibility index (Phi) is 5.99. The van der Waals surface area contributed by atoms with Gasteiger partial charge >= 0.3 is 0 Å². The number of hydrogen-bond donors (Lipinski definition) is 1. The molecule has 2 rings (SSSR count). The van der Waals surface area contributed by atoms with E-state index in [1.807, 2.05) is 18.2 Å². The van der Waals surface area contributed by atoms with Crippen molar-refractivity contribution in [2.24, 2.45) is 11.3 Å². The molecule has 21 heavy (non-hydrogen) atoms. The quantitative estimate of drug-likeness (QED) is 0.728. The minimum absolute atomic E-state index is 0.399. The van der Waals surface area contributed by atoms with Gasteiger partial charge in [-0.25, -0.2) is 0 Å². The fourth-order valence-electron chi connectivity index (χ4n) is 3.82. The van der Waals surface area contributed by atoms with Gasteiger partial charge in [-0.15, -0.1) is 0 Å². The molecule has 1 saturated carbocycles. The molecule has 2 unspecified atom stereocenters. The summed E-state index contributed by atoms with van der Waals surface area (Å²) in [6.07, 6.45) is 6.30. The van der Waals surface area contributed by atoms with Gasteiger partial charge in [-0.05, 0) is 60.9 Å². The van der Waals surface area contributed by atoms with Crippen molar-refractivity contribution in [1.29, 1.82) is 0 Å². The summed E-state index contributed by atoms with van der Waals surface area (Å²) in [4.78, 5) is 0. The van der Waals surface area contributed by atoms with Gasteiger partial charge in [0.15, 0.2) is 0 Å². The molecule has 0 aromatic heterocycles. The molecular weight excluding hydrogens is 301 g/mol. The van der Waals surface area contributed by atoms with Crippen molar-refractivity contribution in [3.05, 3.63) is 33.8 Å². The summed E-state index contributed by atoms with van der Waals surface area (Å²) in [7, 11) is 0. The highest BCUT2D eigenvalue weighted by Crippen LogP contribution is 2.43. The first-order chi connectivity index (χ1) is 9.94. The first kappa shape index (κ1) is 17.1. The number of hydrogen-bond acceptors (Lipinski definition) is 1. The maximum absolute atomic E-state index is 6.36. The Morgan fingerprint density at radius 1 is 1.29 bits per heavy atom. The van der Waals surface area contributed by atoms with Crippen molar-refractivity contribution in [3.8, 4) is 0 Å². The highest BCUT2D eigenvalue weighted by atomic mass is 35.5. The highest BCUT2D eigenvalue weighted by molar-refractivity contribution is 6.33. The predicted octanol–water partition coefficient (Wildman–Crippen LogP) is 5.73. The molecule has 3 heteroatoms. The molecule has 0 heterocycles. The molecule has 1 N–H and O–H groups in total. The fraction of sp³-hybridized carbons (Fsp3) is 0.667. The Morgan fingerprint density at radius 3 is 2.71 bits per heavy atom. The summed E-state index contributed by atoms with van der Waals surface area (Å²) in [6, 6.07) is 6.26. The van der Waals surface area contributed by atoms with Crippen molar-refractivity contribution >= 4 is 23.2 Å². The van der Waals surface area contributed by atoms with E-state index in [1.165, 1.54) is 25.7 Å². The Morgan fingerprint density at radius 2 is 2.05 bits per heavy atom. The third-order valence-electron chi connectivity index (χ3n) is 4.99. The van der Waals surface area contributed by atoms with Crippen molar-refractivity contribution in [1.82, 2.24) is 5.32 Å². The molecule has 0 saturated heterocycles. The van der Waals surface area contributed by atoms with Gasteiger partial charge in [-0.2, -0.15) is 0 Å². The first-order valence-electron chi connectivity index (χ1n) is 8.11. The molecule has 0 spiro atoms. The number of rotatable bonds is 5. The van der Waals surface area contributed by atoms with Crippen LogP contribution < -0.4 is 5.32 Å². The van der Waals surface area contributed by atoms with Gasteiger partial charge in [-0.3, -0.25) is 0 Å². The second kappa shape index (κ2) is 7.35. The lowest BCUT2D eigenvalue weighted by Crippen LogP contribution is -2.46. The minimum Gasteiger partial charge on any atom is -0.314 e. The van der Waals surface area contributed by atoms with Crippen LogP contribution in [0.4, 0.5) is 0 Å². The zero-order chi connectivity index (χ0) is 15.5. The third kappa shape index (κ3) is 4.37. The summed E-state index contributed by atoms with van der Waals surface area (Å²) < 4.78 is 0. The van der Waals surface area contributed by atoms with E-state index in [1.54, 1.807) is 0 Å². The lowest BCUT2D eigenvalue weighted by molar-refractivity contribution is 0.0988. The number of halogens is 2. The number of benzene rings is 1. The van der Waals surface area contributed by atoms with Crippen LogP contribution in [0.15, 0.2) is 18.2 Å². The molecule has 0 amide bonds. The van der Waals surface area contributed by atoms with Crippen molar-refractivity contribution in [2.75, 3.05) is 6.54 Å². The van der Waals surface area contributed by atoms with Crippen LogP contribution in [0, 0.1) is 11.3 Å². The zero-order valence-corrected chi connectivity index (χ0v) is 14.9. The number of nitrogens with one attached hydrogen (secondary N) is 1. The molecule has 1 aromatic carbocycles. The second-order valence-corrected chi connectivity index (χ2v) is 7.79. The van der Waals surface area contributed by atoms with E-state index in [9.17, 15) is 0 Å². The fourth-order valence-corrected chi connectivity index (χ4v) is 4.21. The molecule has 1 nitrogen and oxygen atoms in total. The number of likely N-dealkylation sites (N-methyl/N-ethyl adjacent to an activating group) is 1. The smallest absolute Gasteiger partial charge is 0.0439 e. The lowest BCUT2D eigenvalue weighted by Gasteiger charge is -2.43. The van der Waals surface area contributed by atoms with Crippen LogP contribution in [0.5, 0.6) is 0 Å². The molecule has 1 aliphatic carbocycles. The highest BCUT2D eigenvalue weighted by Gasteiger charge is 2.37. The van der Waals surface area contributed by atoms with Gasteiger partial charge < -0.3 is 5.32 Å². The summed E-state index contributed by atoms with van der Waals surface area (Å²) in [6.45, 7) is 8.01. The molecule has 1 aromatic rings. The topological polar surface area (TPSA) is 12.0 Å². The normalized spacial score (nSPS) is 23.0. The van der Waals surface area contributed by atoms with Crippen LogP contribution in [-0.4, -0.2) is 12.6 Å². The molecule has 0 radical (unpaired) electrons. The van der Waals surface area contributed by atoms with Crippen molar-refractivity contribution < 1.29 is 0 Å². The van der Waals surface area contributed by atoms with E-state index in [2.05, 4.69) is 26.1 Å². The largest absolute Gasteiger partial charge is 0.314 e. The van der Waals surface area contributed by atoms with Crippen LogP contribution >= 0.6 is 23.2 Å². The lowest BCUT2D eigenvalue weighted by atomic mass is 9.65. The van der Waals surface area contributed by atoms with Crippen molar-refractivity contribution in [2.45, 2.75) is 58.9 Å². The predicted molar refractivity (Wildman–Crippen MR) is 93.4 cm³/mol. The first-order valence-corrected chi connectivity index (χ1v) is 8.87. The molecule has 118 valence electrons. The summed E-state index contributed by atoms with van der Waals surface area (Å²) in [5, 5.41) is 5.30. The molecular formula is C18H27Cl2N. The van der Waals surface area contributed by atoms with E-state index < -0.39 is 0 Å². The molecule has 1 fully saturated rings. The third-order valence-corrected chi connectivity index (χ3v) is 5.59. The van der Waals surface area contributed by atoms with E-state index >= 15 is 0 Å². The standard InChI is InChI=1S/C18H27Cl2N/c1-4-21-17(15-7-5-6-10-18(15,2)3)12-13-11-14(19)8-9-16(13)20/h8-9,11,15,17,21H,4-7,10,12H2,1-3H3. The SMILES string of the molecule is CCNC(Cc1cc(Cl)ccc1Cl)C1CCCCC1(C)C. The Hall–Kier alpha value is -0.240. The Balaban J connectivity index is 2.20. The van der Waals surface area contributed by atoms with Crippen LogP contribution in [0.2, 0.25) is 10.0 Å². The van der Waals surface area contributed by atoms with Crippen molar-refractivity contribution in [3.63, 3.8) is 0 Å². The monoisotopic (exact) mass is 327 g/mol. The van der Waals surface area contributed by atoms with Crippen LogP contribution in [0.1, 0.15) is 52.0 Å². The van der Waals surface area contributed by atoms with Crippen LogP contribution in [0.3, 0.4) is 0 Å². The molecule has 2 atom stereocenters. The van der Waals surface area contributed by atoms with E-state index in [0.717, 1.165) is 28.6 Å². The van der Waals surface area contributed by atoms with E-state index in [4.69, 9.17) is 23.2 Å². The Labute approximate surface area is 139 Å². The summed E-state index contributed by atoms with van der Waals surface area (Å²) in [5.41, 5.74) is 1.56. The molecule has 0 aliphatic heterocycles. The van der Waals surface area contributed by atoms with Gasteiger partial charge in [0.1, 0.15) is 0 Å². The maximum Gasteiger partial charge on any atom is 0.0439 e. The minimum atomic E-state index is 0.399. The van der Waals surface area contributed by atoms with Gasteiger partial charge in [-0.1, -0.05) is 56.8 Å². The van der Waals surface area contributed by atoms with Gasteiger partial charge in [0.25, 0.3) is 0 Å².